The first-order valence-electron chi connectivity index (χ1n) is 13.7. The largest absolute Gasteiger partial charge is 0.469 e. The summed E-state index contributed by atoms with van der Waals surface area (Å²) in [5, 5.41) is 19.1. The minimum absolute atomic E-state index is 0.0373. The van der Waals surface area contributed by atoms with Gasteiger partial charge in [0, 0.05) is 17.9 Å². The standard InChI is InChI=1S/C30H41N3O6/c1-5-21(2)28(39-20-22-14-8-6-9-15-22)25-27(33(36)37)26(23-16-10-7-11-17-23)32-30(25,3)29(35)31-19-13-12-18-24(34)38-4/h6-11,14-17,21,25-28,32H,5,12-13,18-20H2,1-4H3,(H,31,35)/t21-,25+,26-,27-,28-,30-/m0/s1. The number of carbonyl (C=O) groups excluding carboxylic acids is 2. The Morgan fingerprint density at radius 1 is 1.10 bits per heavy atom. The Labute approximate surface area is 230 Å². The summed E-state index contributed by atoms with van der Waals surface area (Å²) in [6.07, 6.45) is 1.61. The molecular weight excluding hydrogens is 498 g/mol. The van der Waals surface area contributed by atoms with E-state index in [0.29, 0.717) is 19.4 Å². The summed E-state index contributed by atoms with van der Waals surface area (Å²) < 4.78 is 11.2. The van der Waals surface area contributed by atoms with Crippen LogP contribution >= 0.6 is 0 Å². The van der Waals surface area contributed by atoms with Crippen LogP contribution in [0.2, 0.25) is 0 Å². The summed E-state index contributed by atoms with van der Waals surface area (Å²) in [7, 11) is 1.35. The molecule has 9 nitrogen and oxygen atoms in total. The average molecular weight is 540 g/mol. The van der Waals surface area contributed by atoms with Crippen molar-refractivity contribution in [3.63, 3.8) is 0 Å². The molecule has 2 N–H and O–H groups in total. The number of amides is 1. The number of ether oxygens (including phenoxy) is 2. The summed E-state index contributed by atoms with van der Waals surface area (Å²) in [4.78, 5) is 37.7. The van der Waals surface area contributed by atoms with Crippen LogP contribution < -0.4 is 10.6 Å². The van der Waals surface area contributed by atoms with E-state index >= 15 is 0 Å². The van der Waals surface area contributed by atoms with Crippen LogP contribution in [0.3, 0.4) is 0 Å². The third kappa shape index (κ3) is 7.42. The molecule has 1 aliphatic rings. The zero-order chi connectivity index (χ0) is 28.4. The van der Waals surface area contributed by atoms with Crippen molar-refractivity contribution in [1.29, 1.82) is 0 Å². The maximum Gasteiger partial charge on any atom is 0.305 e. The van der Waals surface area contributed by atoms with Crippen LogP contribution in [0.1, 0.15) is 63.6 Å². The quantitative estimate of drug-likeness (QED) is 0.158. The minimum Gasteiger partial charge on any atom is -0.469 e. The number of benzene rings is 2. The van der Waals surface area contributed by atoms with Gasteiger partial charge in [0.2, 0.25) is 11.9 Å². The predicted octanol–water partition coefficient (Wildman–Crippen LogP) is 4.44. The predicted molar refractivity (Wildman–Crippen MR) is 148 cm³/mol. The highest BCUT2D eigenvalue weighted by Crippen LogP contribution is 2.45. The maximum atomic E-state index is 13.8. The number of nitrogens with one attached hydrogen (secondary N) is 2. The number of carbonyl (C=O) groups is 2. The number of hydrogen-bond donors (Lipinski definition) is 2. The lowest BCUT2D eigenvalue weighted by molar-refractivity contribution is -0.536. The Kier molecular flexibility index (Phi) is 11.0. The Morgan fingerprint density at radius 2 is 1.74 bits per heavy atom. The van der Waals surface area contributed by atoms with Crippen molar-refractivity contribution in [2.24, 2.45) is 11.8 Å². The van der Waals surface area contributed by atoms with E-state index in [1.807, 2.05) is 74.5 Å². The number of esters is 1. The molecule has 1 fully saturated rings. The van der Waals surface area contributed by atoms with Crippen LogP contribution in [0.4, 0.5) is 0 Å². The summed E-state index contributed by atoms with van der Waals surface area (Å²) in [5.41, 5.74) is 0.446. The molecule has 2 aromatic carbocycles. The first kappa shape index (κ1) is 30.2. The monoisotopic (exact) mass is 539 g/mol. The van der Waals surface area contributed by atoms with Gasteiger partial charge < -0.3 is 14.8 Å². The summed E-state index contributed by atoms with van der Waals surface area (Å²) >= 11 is 0. The molecule has 1 saturated heterocycles. The van der Waals surface area contributed by atoms with Crippen molar-refractivity contribution in [2.75, 3.05) is 13.7 Å². The number of nitro groups is 1. The van der Waals surface area contributed by atoms with Gasteiger partial charge in [0.1, 0.15) is 11.6 Å². The second-order valence-corrected chi connectivity index (χ2v) is 10.5. The van der Waals surface area contributed by atoms with Crippen LogP contribution in [0.5, 0.6) is 0 Å². The Balaban J connectivity index is 1.94. The lowest BCUT2D eigenvalue weighted by Gasteiger charge is -2.37. The Bertz CT molecular complexity index is 1080. The molecule has 3 rings (SSSR count). The van der Waals surface area contributed by atoms with Gasteiger partial charge in [-0.25, -0.2) is 0 Å². The zero-order valence-electron chi connectivity index (χ0n) is 23.3. The number of unbranched alkanes of at least 4 members (excludes halogenated alkanes) is 1. The molecule has 39 heavy (non-hydrogen) atoms. The van der Waals surface area contributed by atoms with Gasteiger partial charge in [0.25, 0.3) is 0 Å². The first-order valence-corrected chi connectivity index (χ1v) is 13.7. The van der Waals surface area contributed by atoms with Crippen molar-refractivity contribution in [3.05, 3.63) is 81.9 Å². The first-order chi connectivity index (χ1) is 18.7. The van der Waals surface area contributed by atoms with Crippen LogP contribution in [0.25, 0.3) is 0 Å². The Hall–Kier alpha value is -3.30. The second kappa shape index (κ2) is 14.2. The molecule has 2 aromatic rings. The molecule has 6 atom stereocenters. The van der Waals surface area contributed by atoms with E-state index in [-0.39, 0.29) is 35.7 Å². The van der Waals surface area contributed by atoms with Gasteiger partial charge in [0.05, 0.1) is 25.7 Å². The van der Waals surface area contributed by atoms with Crippen LogP contribution in [-0.4, -0.2) is 48.1 Å². The van der Waals surface area contributed by atoms with Crippen molar-refractivity contribution in [3.8, 4) is 0 Å². The SMILES string of the molecule is CC[C@H](C)[C@H](OCc1ccccc1)[C@H]1[C@H]([N+](=O)[O-])[C@H](c2ccccc2)N[C@]1(C)C(=O)NCCCCC(=O)OC. The number of rotatable bonds is 14. The summed E-state index contributed by atoms with van der Waals surface area (Å²) in [6, 6.07) is 17.2. The molecule has 0 aromatic heterocycles. The summed E-state index contributed by atoms with van der Waals surface area (Å²) in [5.74, 6) is -1.39. The van der Waals surface area contributed by atoms with E-state index < -0.39 is 29.6 Å². The van der Waals surface area contributed by atoms with Crippen molar-refractivity contribution in [2.45, 2.75) is 76.8 Å². The highest BCUT2D eigenvalue weighted by atomic mass is 16.6. The highest BCUT2D eigenvalue weighted by molar-refractivity contribution is 5.87. The fourth-order valence-corrected chi connectivity index (χ4v) is 5.49. The molecular formula is C30H41N3O6. The number of nitrogens with zero attached hydrogens (tertiary/aromatic N) is 1. The van der Waals surface area contributed by atoms with E-state index in [9.17, 15) is 19.7 Å². The molecule has 0 spiro atoms. The lowest BCUT2D eigenvalue weighted by Crippen LogP contribution is -2.60. The Morgan fingerprint density at radius 3 is 2.33 bits per heavy atom. The fourth-order valence-electron chi connectivity index (χ4n) is 5.49. The van der Waals surface area contributed by atoms with E-state index in [2.05, 4.69) is 15.4 Å². The van der Waals surface area contributed by atoms with E-state index in [4.69, 9.17) is 4.74 Å². The molecule has 0 saturated carbocycles. The van der Waals surface area contributed by atoms with Gasteiger partial charge in [-0.05, 0) is 36.8 Å². The molecule has 0 unspecified atom stereocenters. The lowest BCUT2D eigenvalue weighted by atomic mass is 9.74. The second-order valence-electron chi connectivity index (χ2n) is 10.5. The van der Waals surface area contributed by atoms with Crippen LogP contribution in [-0.2, 0) is 25.7 Å². The molecule has 1 aliphatic heterocycles. The molecule has 0 aliphatic carbocycles. The van der Waals surface area contributed by atoms with E-state index in [1.54, 1.807) is 6.92 Å². The smallest absolute Gasteiger partial charge is 0.305 e. The number of methoxy groups -OCH3 is 1. The van der Waals surface area contributed by atoms with E-state index in [0.717, 1.165) is 17.5 Å². The fraction of sp³-hybridized carbons (Fsp3) is 0.533. The van der Waals surface area contributed by atoms with E-state index in [1.165, 1.54) is 7.11 Å². The third-order valence-corrected chi connectivity index (χ3v) is 7.87. The van der Waals surface area contributed by atoms with Gasteiger partial charge in [-0.2, -0.15) is 0 Å². The van der Waals surface area contributed by atoms with Gasteiger partial charge >= 0.3 is 5.97 Å². The van der Waals surface area contributed by atoms with Gasteiger partial charge in [0.15, 0.2) is 0 Å². The molecule has 0 radical (unpaired) electrons. The normalized spacial score (nSPS) is 24.1. The average Bonchev–Trinajstić information content (AvgIpc) is 3.28. The van der Waals surface area contributed by atoms with Crippen molar-refractivity contribution >= 4 is 11.9 Å². The summed E-state index contributed by atoms with van der Waals surface area (Å²) in [6.45, 7) is 6.44. The van der Waals surface area contributed by atoms with Crippen LogP contribution in [0.15, 0.2) is 60.7 Å². The molecule has 1 amide bonds. The topological polar surface area (TPSA) is 120 Å². The van der Waals surface area contributed by atoms with Gasteiger partial charge in [-0.15, -0.1) is 0 Å². The highest BCUT2D eigenvalue weighted by Gasteiger charge is 2.64. The molecule has 1 heterocycles. The van der Waals surface area contributed by atoms with Crippen molar-refractivity contribution in [1.82, 2.24) is 10.6 Å². The molecule has 0 bridgehead atoms. The number of hydrogen-bond acceptors (Lipinski definition) is 7. The zero-order valence-corrected chi connectivity index (χ0v) is 23.3. The van der Waals surface area contributed by atoms with Gasteiger partial charge in [-0.1, -0.05) is 80.9 Å². The third-order valence-electron chi connectivity index (χ3n) is 7.87. The minimum atomic E-state index is -1.27. The molecule has 212 valence electrons. The van der Waals surface area contributed by atoms with Crippen LogP contribution in [0, 0.1) is 22.0 Å². The van der Waals surface area contributed by atoms with Crippen molar-refractivity contribution < 1.29 is 24.0 Å². The molecule has 9 heteroatoms. The van der Waals surface area contributed by atoms with Gasteiger partial charge in [-0.3, -0.25) is 25.0 Å². The maximum absolute atomic E-state index is 13.8.